The lowest BCUT2D eigenvalue weighted by molar-refractivity contribution is -0.207. The molecule has 0 aliphatic rings. The molecule has 0 saturated heterocycles. The second-order valence-corrected chi connectivity index (χ2v) is 3.22. The van der Waals surface area contributed by atoms with Gasteiger partial charge < -0.3 is 5.11 Å². The fourth-order valence-corrected chi connectivity index (χ4v) is 1.12. The summed E-state index contributed by atoms with van der Waals surface area (Å²) in [5.41, 5.74) is -2.78. The van der Waals surface area contributed by atoms with Crippen LogP contribution < -0.4 is 0 Å². The van der Waals surface area contributed by atoms with Crippen molar-refractivity contribution >= 4 is 0 Å². The van der Waals surface area contributed by atoms with Gasteiger partial charge in [-0.2, -0.15) is 26.3 Å². The number of halogens is 7. The summed E-state index contributed by atoms with van der Waals surface area (Å²) in [6, 6.07) is 0.307. The van der Waals surface area contributed by atoms with Crippen molar-refractivity contribution in [1.29, 1.82) is 0 Å². The molecule has 0 spiro atoms. The first kappa shape index (κ1) is 13.8. The first-order valence-electron chi connectivity index (χ1n) is 4.14. The third-order valence-electron chi connectivity index (χ3n) is 1.87. The van der Waals surface area contributed by atoms with Crippen LogP contribution in [0.15, 0.2) is 18.2 Å². The number of aliphatic hydroxyl groups is 1. The smallest absolute Gasteiger partial charge is 0.379 e. The van der Waals surface area contributed by atoms with E-state index in [9.17, 15) is 30.7 Å². The maximum Gasteiger partial charge on any atom is 0.418 e. The van der Waals surface area contributed by atoms with Crippen LogP contribution >= 0.6 is 0 Å². The average Bonchev–Trinajstić information content (AvgIpc) is 2.12. The van der Waals surface area contributed by atoms with Crippen LogP contribution in [0.5, 0.6) is 0 Å². The number of aliphatic hydroxyl groups excluding tert-OH is 1. The lowest BCUT2D eigenvalue weighted by atomic mass is 10.0. The van der Waals surface area contributed by atoms with E-state index >= 15 is 0 Å². The molecule has 8 heteroatoms. The van der Waals surface area contributed by atoms with Gasteiger partial charge in [-0.05, 0) is 23.8 Å². The highest BCUT2D eigenvalue weighted by atomic mass is 19.4. The largest absolute Gasteiger partial charge is 0.418 e. The minimum absolute atomic E-state index is 0.0482. The molecule has 0 unspecified atom stereocenters. The second-order valence-electron chi connectivity index (χ2n) is 3.22. The van der Waals surface area contributed by atoms with Gasteiger partial charge in [0.1, 0.15) is 5.82 Å². The Morgan fingerprint density at radius 3 is 1.88 bits per heavy atom. The average molecular weight is 262 g/mol. The lowest BCUT2D eigenvalue weighted by Gasteiger charge is -2.16. The molecule has 0 fully saturated rings. The van der Waals surface area contributed by atoms with Crippen LogP contribution in [0, 0.1) is 5.82 Å². The number of rotatable bonds is 1. The molecule has 1 N–H and O–H groups in total. The first-order valence-corrected chi connectivity index (χ1v) is 4.14. The van der Waals surface area contributed by atoms with Crippen LogP contribution in [0.2, 0.25) is 0 Å². The zero-order valence-corrected chi connectivity index (χ0v) is 7.90. The summed E-state index contributed by atoms with van der Waals surface area (Å²) < 4.78 is 85.4. The highest BCUT2D eigenvalue weighted by Gasteiger charge is 2.41. The van der Waals surface area contributed by atoms with Crippen molar-refractivity contribution in [2.24, 2.45) is 0 Å². The SMILES string of the molecule is O[C@@H](c1cc(F)cc(C(F)(F)F)c1)C(F)(F)F. The fourth-order valence-electron chi connectivity index (χ4n) is 1.12. The zero-order chi connectivity index (χ0) is 13.4. The number of benzene rings is 1. The molecule has 96 valence electrons. The summed E-state index contributed by atoms with van der Waals surface area (Å²) in [5.74, 6) is -1.50. The van der Waals surface area contributed by atoms with Crippen molar-refractivity contribution in [1.82, 2.24) is 0 Å². The number of hydrogen-bond acceptors (Lipinski definition) is 1. The molecule has 0 aromatic heterocycles. The van der Waals surface area contributed by atoms with Crippen molar-refractivity contribution in [3.05, 3.63) is 35.1 Å². The Morgan fingerprint density at radius 1 is 0.941 bits per heavy atom. The van der Waals surface area contributed by atoms with Crippen LogP contribution in [0.1, 0.15) is 17.2 Å². The van der Waals surface area contributed by atoms with Gasteiger partial charge in [-0.15, -0.1) is 0 Å². The molecule has 0 aliphatic heterocycles. The maximum absolute atomic E-state index is 12.7. The van der Waals surface area contributed by atoms with Gasteiger partial charge in [0.2, 0.25) is 0 Å². The molecule has 1 atom stereocenters. The van der Waals surface area contributed by atoms with Crippen molar-refractivity contribution < 1.29 is 35.8 Å². The summed E-state index contributed by atoms with van der Waals surface area (Å²) in [5, 5.41) is 8.71. The monoisotopic (exact) mass is 262 g/mol. The Kier molecular flexibility index (Phi) is 3.37. The molecular formula is C9H5F7O. The molecule has 0 radical (unpaired) electrons. The minimum Gasteiger partial charge on any atom is -0.379 e. The van der Waals surface area contributed by atoms with Gasteiger partial charge in [-0.1, -0.05) is 0 Å². The predicted molar refractivity (Wildman–Crippen MR) is 42.4 cm³/mol. The van der Waals surface area contributed by atoms with Gasteiger partial charge in [0.05, 0.1) is 5.56 Å². The van der Waals surface area contributed by atoms with Gasteiger partial charge in [0.25, 0.3) is 0 Å². The van der Waals surface area contributed by atoms with E-state index in [1.807, 2.05) is 0 Å². The van der Waals surface area contributed by atoms with E-state index in [1.54, 1.807) is 0 Å². The Balaban J connectivity index is 3.24. The van der Waals surface area contributed by atoms with E-state index in [0.29, 0.717) is 0 Å². The summed E-state index contributed by atoms with van der Waals surface area (Å²) in [7, 11) is 0. The third kappa shape index (κ3) is 3.32. The quantitative estimate of drug-likeness (QED) is 0.768. The zero-order valence-electron chi connectivity index (χ0n) is 7.90. The van der Waals surface area contributed by atoms with E-state index in [-0.39, 0.29) is 18.2 Å². The molecule has 0 heterocycles. The van der Waals surface area contributed by atoms with Gasteiger partial charge in [0, 0.05) is 0 Å². The van der Waals surface area contributed by atoms with Crippen molar-refractivity contribution in [2.45, 2.75) is 18.5 Å². The van der Waals surface area contributed by atoms with Crippen LogP contribution in [0.3, 0.4) is 0 Å². The van der Waals surface area contributed by atoms with E-state index in [0.717, 1.165) is 0 Å². The normalized spacial score (nSPS) is 14.8. The standard InChI is InChI=1S/C9H5F7O/c10-6-2-4(7(17)9(14,15)16)1-5(3-6)8(11,12)13/h1-3,7,17H/t7-/m0/s1. The summed E-state index contributed by atoms with van der Waals surface area (Å²) in [6.45, 7) is 0. The van der Waals surface area contributed by atoms with E-state index in [1.165, 1.54) is 0 Å². The lowest BCUT2D eigenvalue weighted by Crippen LogP contribution is -2.21. The van der Waals surface area contributed by atoms with E-state index < -0.39 is 35.4 Å². The number of hydrogen-bond donors (Lipinski definition) is 1. The van der Waals surface area contributed by atoms with E-state index in [2.05, 4.69) is 0 Å². The summed E-state index contributed by atoms with van der Waals surface area (Å²) >= 11 is 0. The van der Waals surface area contributed by atoms with Crippen molar-refractivity contribution in [2.75, 3.05) is 0 Å². The molecule has 0 aliphatic carbocycles. The molecule has 0 saturated carbocycles. The molecular weight excluding hydrogens is 257 g/mol. The summed E-state index contributed by atoms with van der Waals surface area (Å²) in [4.78, 5) is 0. The predicted octanol–water partition coefficient (Wildman–Crippen LogP) is 3.44. The molecule has 0 bridgehead atoms. The second kappa shape index (κ2) is 4.17. The van der Waals surface area contributed by atoms with Crippen LogP contribution in [0.4, 0.5) is 30.7 Å². The first-order chi connectivity index (χ1) is 7.51. The Bertz CT molecular complexity index is 407. The highest BCUT2D eigenvalue weighted by molar-refractivity contribution is 5.28. The Morgan fingerprint density at radius 2 is 1.47 bits per heavy atom. The Hall–Kier alpha value is -1.31. The van der Waals surface area contributed by atoms with Crippen molar-refractivity contribution in [3.8, 4) is 0 Å². The molecule has 1 aromatic carbocycles. The molecule has 1 nitrogen and oxygen atoms in total. The third-order valence-corrected chi connectivity index (χ3v) is 1.87. The topological polar surface area (TPSA) is 20.2 Å². The van der Waals surface area contributed by atoms with Crippen molar-refractivity contribution in [3.63, 3.8) is 0 Å². The highest BCUT2D eigenvalue weighted by Crippen LogP contribution is 2.36. The van der Waals surface area contributed by atoms with Crippen LogP contribution in [-0.2, 0) is 6.18 Å². The van der Waals surface area contributed by atoms with Gasteiger partial charge in [-0.3, -0.25) is 0 Å². The molecule has 0 amide bonds. The number of alkyl halides is 6. The maximum atomic E-state index is 12.7. The van der Waals surface area contributed by atoms with Gasteiger partial charge in [-0.25, -0.2) is 4.39 Å². The summed E-state index contributed by atoms with van der Waals surface area (Å²) in [6.07, 6.45) is -13.3. The van der Waals surface area contributed by atoms with E-state index in [4.69, 9.17) is 5.11 Å². The van der Waals surface area contributed by atoms with Crippen LogP contribution in [-0.4, -0.2) is 11.3 Å². The van der Waals surface area contributed by atoms with Crippen LogP contribution in [0.25, 0.3) is 0 Å². The molecule has 17 heavy (non-hydrogen) atoms. The molecule has 1 rings (SSSR count). The van der Waals surface area contributed by atoms with Gasteiger partial charge >= 0.3 is 12.4 Å². The Labute approximate surface area is 90.5 Å². The minimum atomic E-state index is -5.16. The molecule has 1 aromatic rings. The fraction of sp³-hybridized carbons (Fsp3) is 0.333. The van der Waals surface area contributed by atoms with Gasteiger partial charge in [0.15, 0.2) is 6.10 Å².